The van der Waals surface area contributed by atoms with E-state index in [4.69, 9.17) is 38.3 Å². The monoisotopic (exact) mass is 720 g/mol. The van der Waals surface area contributed by atoms with Gasteiger partial charge in [-0.3, -0.25) is 9.59 Å². The minimum absolute atomic E-state index is 0.0195. The van der Waals surface area contributed by atoms with Gasteiger partial charge in [0.2, 0.25) is 0 Å². The number of hydrogen-bond acceptors (Lipinski definition) is 13. The van der Waals surface area contributed by atoms with Crippen molar-refractivity contribution in [2.75, 3.05) is 92.4 Å². The fraction of sp³-hybridized carbons (Fsp3) is 0.571. The van der Waals surface area contributed by atoms with Crippen molar-refractivity contribution in [1.29, 1.82) is 0 Å². The number of ether oxygens (including phenoxy) is 7. The Hall–Kier alpha value is -4.19. The first-order valence-corrected chi connectivity index (χ1v) is 16.8. The largest absolute Gasteiger partial charge is 0.506 e. The summed E-state index contributed by atoms with van der Waals surface area (Å²) in [7, 11) is 0. The molecule has 0 aromatic heterocycles. The molecule has 0 fully saturated rings. The highest BCUT2D eigenvalue weighted by Gasteiger charge is 2.15. The van der Waals surface area contributed by atoms with Gasteiger partial charge in [0.25, 0.3) is 5.91 Å². The highest BCUT2D eigenvalue weighted by Crippen LogP contribution is 2.29. The Labute approximate surface area is 298 Å². The molecule has 0 atom stereocenters. The first kappa shape index (κ1) is 43.0. The van der Waals surface area contributed by atoms with Crippen LogP contribution in [0.4, 0.5) is 16.2 Å². The van der Waals surface area contributed by atoms with Crippen LogP contribution in [-0.4, -0.2) is 126 Å². The topological polar surface area (TPSA) is 205 Å². The molecule has 0 radical (unpaired) electrons. The molecule has 284 valence electrons. The smallest absolute Gasteiger partial charge is 0.407 e. The average Bonchev–Trinajstić information content (AvgIpc) is 3.08. The van der Waals surface area contributed by atoms with Gasteiger partial charge in [-0.1, -0.05) is 6.07 Å². The van der Waals surface area contributed by atoms with E-state index in [0.29, 0.717) is 103 Å². The molecule has 16 nitrogen and oxygen atoms in total. The summed E-state index contributed by atoms with van der Waals surface area (Å²) in [6, 6.07) is 11.5. The molecule has 51 heavy (non-hydrogen) atoms. The Morgan fingerprint density at radius 2 is 1.20 bits per heavy atom. The van der Waals surface area contributed by atoms with E-state index < -0.39 is 17.7 Å². The highest BCUT2D eigenvalue weighted by atomic mass is 16.6. The number of amides is 2. The average molecular weight is 721 g/mol. The third kappa shape index (κ3) is 22.3. The summed E-state index contributed by atoms with van der Waals surface area (Å²) in [6.07, 6.45) is -0.00514. The number of alkyl carbamates (subject to hydrolysis) is 1. The maximum absolute atomic E-state index is 12.5. The third-order valence-corrected chi connectivity index (χ3v) is 6.38. The van der Waals surface area contributed by atoms with Crippen molar-refractivity contribution in [3.8, 4) is 5.75 Å². The second kappa shape index (κ2) is 25.7. The molecular weight excluding hydrogens is 668 g/mol. The predicted molar refractivity (Wildman–Crippen MR) is 186 cm³/mol. The van der Waals surface area contributed by atoms with Gasteiger partial charge >= 0.3 is 12.1 Å². The van der Waals surface area contributed by atoms with Gasteiger partial charge in [0.15, 0.2) is 0 Å². The van der Waals surface area contributed by atoms with Gasteiger partial charge in [-0.25, -0.2) is 4.79 Å². The molecule has 4 N–H and O–H groups in total. The Bertz CT molecular complexity index is 1320. The van der Waals surface area contributed by atoms with Crippen molar-refractivity contribution in [1.82, 2.24) is 10.6 Å². The van der Waals surface area contributed by atoms with Crippen LogP contribution in [-0.2, 0) is 44.4 Å². The van der Waals surface area contributed by atoms with Gasteiger partial charge in [-0.2, -0.15) is 5.11 Å². The lowest BCUT2D eigenvalue weighted by Crippen LogP contribution is -2.33. The quantitative estimate of drug-likeness (QED) is 0.0758. The molecule has 0 saturated heterocycles. The van der Waals surface area contributed by atoms with Crippen molar-refractivity contribution in [2.24, 2.45) is 10.2 Å². The van der Waals surface area contributed by atoms with Crippen molar-refractivity contribution >= 4 is 29.3 Å². The molecule has 2 amide bonds. The summed E-state index contributed by atoms with van der Waals surface area (Å²) < 4.78 is 37.4. The molecule has 16 heteroatoms. The standard InChI is InChI=1S/C35H52N4O12/c1-35(2,3)51-34(44)37-12-10-27-4-9-31(40)30(26-27)39-38-29-7-5-28(6-8-29)33(43)36-13-15-46-17-19-48-21-23-50-25-24-49-22-20-47-18-16-45-14-11-32(41)42/h4-9,26,40H,10-25H2,1-3H3,(H,36,43)(H,37,44)(H,41,42)/b39-38+. The summed E-state index contributed by atoms with van der Waals surface area (Å²) in [4.78, 5) is 34.7. The number of carbonyl (C=O) groups excluding carboxylic acids is 2. The number of benzene rings is 2. The number of nitrogens with one attached hydrogen (secondary N) is 2. The van der Waals surface area contributed by atoms with Gasteiger partial charge in [-0.15, -0.1) is 5.11 Å². The van der Waals surface area contributed by atoms with E-state index in [2.05, 4.69) is 20.9 Å². The fourth-order valence-electron chi connectivity index (χ4n) is 3.92. The molecule has 2 aromatic rings. The lowest BCUT2D eigenvalue weighted by Gasteiger charge is -2.19. The zero-order valence-corrected chi connectivity index (χ0v) is 29.7. The van der Waals surface area contributed by atoms with Crippen LogP contribution in [0.5, 0.6) is 5.75 Å². The van der Waals surface area contributed by atoms with Gasteiger partial charge in [0.05, 0.1) is 91.4 Å². The maximum atomic E-state index is 12.5. The first-order valence-electron chi connectivity index (χ1n) is 16.8. The molecule has 2 aromatic carbocycles. The Morgan fingerprint density at radius 1 is 0.667 bits per heavy atom. The van der Waals surface area contributed by atoms with Crippen molar-refractivity contribution in [3.05, 3.63) is 53.6 Å². The Balaban J connectivity index is 1.48. The number of phenolic OH excluding ortho intramolecular Hbond substituents is 1. The molecule has 2 rings (SSSR count). The van der Waals surface area contributed by atoms with E-state index in [0.717, 1.165) is 5.56 Å². The van der Waals surface area contributed by atoms with Crippen LogP contribution in [0.2, 0.25) is 0 Å². The van der Waals surface area contributed by atoms with Crippen LogP contribution in [0.3, 0.4) is 0 Å². The summed E-state index contributed by atoms with van der Waals surface area (Å²) in [5, 5.41) is 32.5. The number of carboxylic acid groups (broad SMARTS) is 1. The predicted octanol–water partition coefficient (Wildman–Crippen LogP) is 4.18. The van der Waals surface area contributed by atoms with E-state index in [-0.39, 0.29) is 30.4 Å². The van der Waals surface area contributed by atoms with Crippen LogP contribution < -0.4 is 10.6 Å². The van der Waals surface area contributed by atoms with Crippen LogP contribution in [0.25, 0.3) is 0 Å². The summed E-state index contributed by atoms with van der Waals surface area (Å²) in [5.74, 6) is -1.17. The summed E-state index contributed by atoms with van der Waals surface area (Å²) in [5.41, 5.74) is 1.51. The van der Waals surface area contributed by atoms with Crippen LogP contribution >= 0.6 is 0 Å². The number of carboxylic acids is 1. The molecule has 0 aliphatic heterocycles. The molecule has 0 aliphatic carbocycles. The van der Waals surface area contributed by atoms with Crippen molar-refractivity contribution < 1.29 is 57.8 Å². The third-order valence-electron chi connectivity index (χ3n) is 6.38. The van der Waals surface area contributed by atoms with Gasteiger partial charge in [0, 0.05) is 18.7 Å². The van der Waals surface area contributed by atoms with Crippen LogP contribution in [0.1, 0.15) is 43.1 Å². The van der Waals surface area contributed by atoms with Gasteiger partial charge < -0.3 is 54.0 Å². The van der Waals surface area contributed by atoms with Crippen molar-refractivity contribution in [2.45, 2.75) is 39.2 Å². The summed E-state index contributed by atoms with van der Waals surface area (Å²) in [6.45, 7) is 10.6. The normalized spacial score (nSPS) is 11.5. The molecule has 0 saturated carbocycles. The number of hydrogen-bond donors (Lipinski definition) is 4. The Morgan fingerprint density at radius 3 is 1.73 bits per heavy atom. The molecule has 0 unspecified atom stereocenters. The molecule has 0 spiro atoms. The summed E-state index contributed by atoms with van der Waals surface area (Å²) >= 11 is 0. The highest BCUT2D eigenvalue weighted by molar-refractivity contribution is 5.94. The first-order chi connectivity index (χ1) is 24.5. The molecular formula is C35H52N4O12. The Kier molecular flexibility index (Phi) is 21.7. The maximum Gasteiger partial charge on any atom is 0.407 e. The minimum atomic E-state index is -0.889. The van der Waals surface area contributed by atoms with Gasteiger partial charge in [-0.05, 0) is 69.2 Å². The lowest BCUT2D eigenvalue weighted by molar-refractivity contribution is -0.138. The number of aliphatic carboxylic acids is 1. The second-order valence-corrected chi connectivity index (χ2v) is 11.8. The lowest BCUT2D eigenvalue weighted by atomic mass is 10.1. The molecule has 0 bridgehead atoms. The number of azo groups is 1. The SMILES string of the molecule is CC(C)(C)OC(=O)NCCc1ccc(O)c(/N=N/c2ccc(C(=O)NCCOCCOCCOCCOCCOCCOCCC(=O)O)cc2)c1. The molecule has 0 aliphatic rings. The van der Waals surface area contributed by atoms with E-state index in [1.807, 2.05) is 0 Å². The number of rotatable bonds is 27. The number of aromatic hydroxyl groups is 1. The van der Waals surface area contributed by atoms with E-state index in [1.165, 1.54) is 6.07 Å². The van der Waals surface area contributed by atoms with Crippen LogP contribution in [0, 0.1) is 0 Å². The number of phenols is 1. The fourth-order valence-corrected chi connectivity index (χ4v) is 3.92. The van der Waals surface area contributed by atoms with Crippen LogP contribution in [0.15, 0.2) is 52.7 Å². The molecule has 0 heterocycles. The van der Waals surface area contributed by atoms with E-state index in [1.54, 1.807) is 57.2 Å². The second-order valence-electron chi connectivity index (χ2n) is 11.8. The minimum Gasteiger partial charge on any atom is -0.506 e. The number of carbonyl (C=O) groups is 3. The zero-order valence-electron chi connectivity index (χ0n) is 29.7. The van der Waals surface area contributed by atoms with E-state index >= 15 is 0 Å². The van der Waals surface area contributed by atoms with Crippen molar-refractivity contribution in [3.63, 3.8) is 0 Å². The van der Waals surface area contributed by atoms with E-state index in [9.17, 15) is 19.5 Å². The zero-order chi connectivity index (χ0) is 37.2. The van der Waals surface area contributed by atoms with Gasteiger partial charge in [0.1, 0.15) is 17.0 Å². The number of nitrogens with zero attached hydrogens (tertiary/aromatic N) is 2.